The molecule has 3 nitrogen and oxygen atoms in total. The molecule has 0 atom stereocenters. The first-order valence-electron chi connectivity index (χ1n) is 6.10. The Labute approximate surface area is 120 Å². The molecule has 98 valence electrons. The summed E-state index contributed by atoms with van der Waals surface area (Å²) in [6.07, 6.45) is 0. The van der Waals surface area contributed by atoms with Gasteiger partial charge in [-0.15, -0.1) is 0 Å². The Morgan fingerprint density at radius 3 is 2.10 bits per heavy atom. The quantitative estimate of drug-likeness (QED) is 0.528. The van der Waals surface area contributed by atoms with Gasteiger partial charge in [0.2, 0.25) is 0 Å². The molecule has 0 aliphatic heterocycles. The summed E-state index contributed by atoms with van der Waals surface area (Å²) in [5.74, 6) is 0.682. The van der Waals surface area contributed by atoms with Crippen molar-refractivity contribution in [2.45, 2.75) is 5.22 Å². The number of hydrogen-bond donors (Lipinski definition) is 0. The lowest BCUT2D eigenvalue weighted by Crippen LogP contribution is -1.81. The van der Waals surface area contributed by atoms with E-state index in [0.717, 1.165) is 34.2 Å². The molecular weight excluding hydrogens is 270 g/mol. The van der Waals surface area contributed by atoms with Gasteiger partial charge in [0.1, 0.15) is 5.69 Å². The fourth-order valence-corrected chi connectivity index (χ4v) is 2.33. The highest BCUT2D eigenvalue weighted by atomic mass is 32.2. The number of carbonyl (C=O) groups excluding carboxylic acids is 1. The monoisotopic (exact) mass is 281 g/mol. The number of hydrogen-bond acceptors (Lipinski definition) is 4. The molecule has 0 aliphatic rings. The van der Waals surface area contributed by atoms with E-state index in [1.165, 1.54) is 0 Å². The van der Waals surface area contributed by atoms with Crippen molar-refractivity contribution in [3.8, 4) is 22.6 Å². The summed E-state index contributed by atoms with van der Waals surface area (Å²) in [5.41, 5.74) is 3.38. The molecule has 0 spiro atoms. The van der Waals surface area contributed by atoms with Gasteiger partial charge in [-0.25, -0.2) is 4.98 Å². The molecule has 0 radical (unpaired) electrons. The van der Waals surface area contributed by atoms with Crippen molar-refractivity contribution in [2.24, 2.45) is 0 Å². The Morgan fingerprint density at radius 1 is 0.900 bits per heavy atom. The van der Waals surface area contributed by atoms with Gasteiger partial charge < -0.3 is 4.42 Å². The smallest absolute Gasteiger partial charge is 0.264 e. The lowest BCUT2D eigenvalue weighted by atomic mass is 10.1. The molecule has 0 saturated heterocycles. The molecule has 0 saturated carbocycles. The van der Waals surface area contributed by atoms with Gasteiger partial charge in [0, 0.05) is 22.9 Å². The van der Waals surface area contributed by atoms with Gasteiger partial charge >= 0.3 is 0 Å². The number of benzene rings is 2. The zero-order valence-electron chi connectivity index (χ0n) is 10.5. The van der Waals surface area contributed by atoms with Crippen LogP contribution in [0.1, 0.15) is 0 Å². The molecule has 3 aromatic rings. The molecule has 0 aliphatic carbocycles. The van der Waals surface area contributed by atoms with Crippen LogP contribution in [-0.2, 0) is 4.79 Å². The summed E-state index contributed by atoms with van der Waals surface area (Å²) in [5, 5.41) is 0.359. The highest BCUT2D eigenvalue weighted by molar-refractivity contribution is 8.11. The van der Waals surface area contributed by atoms with Gasteiger partial charge in [-0.1, -0.05) is 60.7 Å². The molecule has 4 heteroatoms. The normalized spacial score (nSPS) is 10.4. The van der Waals surface area contributed by atoms with E-state index in [1.807, 2.05) is 60.7 Å². The van der Waals surface area contributed by atoms with Gasteiger partial charge in [0.15, 0.2) is 11.4 Å². The van der Waals surface area contributed by atoms with Crippen LogP contribution < -0.4 is 0 Å². The summed E-state index contributed by atoms with van der Waals surface area (Å²) in [6, 6.07) is 19.6. The van der Waals surface area contributed by atoms with E-state index < -0.39 is 0 Å². The van der Waals surface area contributed by atoms with Crippen molar-refractivity contribution in [3.63, 3.8) is 0 Å². The second-order valence-corrected chi connectivity index (χ2v) is 4.88. The molecule has 0 unspecified atom stereocenters. The van der Waals surface area contributed by atoms with Gasteiger partial charge in [-0.2, -0.15) is 0 Å². The largest absolute Gasteiger partial charge is 0.430 e. The lowest BCUT2D eigenvalue weighted by molar-refractivity contribution is 0.467. The number of thioether (sulfide) groups is 1. The molecule has 1 aromatic heterocycles. The summed E-state index contributed by atoms with van der Waals surface area (Å²) < 4.78 is 5.72. The Kier molecular flexibility index (Phi) is 3.65. The van der Waals surface area contributed by atoms with E-state index in [0.29, 0.717) is 11.0 Å². The van der Waals surface area contributed by atoms with Crippen LogP contribution in [0.4, 0.5) is 0 Å². The molecular formula is C16H11NO2S. The Bertz CT molecular complexity index is 651. The molecule has 0 bridgehead atoms. The van der Waals surface area contributed by atoms with Crippen LogP contribution in [-0.4, -0.2) is 10.6 Å². The van der Waals surface area contributed by atoms with Crippen molar-refractivity contribution in [3.05, 3.63) is 60.7 Å². The Balaban J connectivity index is 2.15. The Hall–Kier alpha value is -2.33. The number of aromatic nitrogens is 1. The molecule has 3 rings (SSSR count). The first-order valence-corrected chi connectivity index (χ1v) is 6.98. The summed E-state index contributed by atoms with van der Waals surface area (Å²) in [4.78, 5) is 15.0. The SMILES string of the molecule is O=CSc1nc(-c2ccccc2)c(-c2ccccc2)o1. The predicted molar refractivity (Wildman–Crippen MR) is 80.0 cm³/mol. The maximum atomic E-state index is 10.6. The molecule has 20 heavy (non-hydrogen) atoms. The number of nitrogens with zero attached hydrogens (tertiary/aromatic N) is 1. The zero-order chi connectivity index (χ0) is 13.8. The molecule has 0 fully saturated rings. The minimum atomic E-state index is 0.359. The average molecular weight is 281 g/mol. The third-order valence-electron chi connectivity index (χ3n) is 2.84. The second-order valence-electron chi connectivity index (χ2n) is 4.10. The minimum absolute atomic E-state index is 0.359. The summed E-state index contributed by atoms with van der Waals surface area (Å²) in [7, 11) is 0. The van der Waals surface area contributed by atoms with Crippen LogP contribution in [0, 0.1) is 0 Å². The van der Waals surface area contributed by atoms with Gasteiger partial charge in [0.25, 0.3) is 5.22 Å². The first-order chi connectivity index (χ1) is 9.88. The first kappa shape index (κ1) is 12.7. The third-order valence-corrected chi connectivity index (χ3v) is 3.31. The van der Waals surface area contributed by atoms with Crippen molar-refractivity contribution in [1.82, 2.24) is 4.98 Å². The van der Waals surface area contributed by atoms with Gasteiger partial charge in [-0.3, -0.25) is 4.79 Å². The lowest BCUT2D eigenvalue weighted by Gasteiger charge is -2.00. The highest BCUT2D eigenvalue weighted by Gasteiger charge is 2.16. The summed E-state index contributed by atoms with van der Waals surface area (Å²) in [6.45, 7) is 0. The second kappa shape index (κ2) is 5.75. The molecule has 0 amide bonds. The van der Waals surface area contributed by atoms with Gasteiger partial charge in [0.05, 0.1) is 0 Å². The van der Waals surface area contributed by atoms with Crippen molar-refractivity contribution in [1.29, 1.82) is 0 Å². The molecule has 2 aromatic carbocycles. The number of carbonyl (C=O) groups is 1. The predicted octanol–water partition coefficient (Wildman–Crippen LogP) is 4.29. The Morgan fingerprint density at radius 2 is 1.50 bits per heavy atom. The minimum Gasteiger partial charge on any atom is -0.430 e. The average Bonchev–Trinajstić information content (AvgIpc) is 2.93. The van der Waals surface area contributed by atoms with Crippen LogP contribution >= 0.6 is 11.8 Å². The van der Waals surface area contributed by atoms with Crippen molar-refractivity contribution >= 4 is 17.4 Å². The van der Waals surface area contributed by atoms with Crippen molar-refractivity contribution in [2.75, 3.05) is 0 Å². The fraction of sp³-hybridized carbons (Fsp3) is 0. The van der Waals surface area contributed by atoms with E-state index in [9.17, 15) is 4.79 Å². The maximum absolute atomic E-state index is 10.6. The van der Waals surface area contributed by atoms with Crippen LogP contribution in [0.2, 0.25) is 0 Å². The fourth-order valence-electron chi connectivity index (χ4n) is 1.97. The third kappa shape index (κ3) is 2.51. The van der Waals surface area contributed by atoms with E-state index in [2.05, 4.69) is 4.98 Å². The topological polar surface area (TPSA) is 43.1 Å². The van der Waals surface area contributed by atoms with E-state index in [-0.39, 0.29) is 0 Å². The van der Waals surface area contributed by atoms with Crippen LogP contribution in [0.3, 0.4) is 0 Å². The number of oxazole rings is 1. The summed E-state index contributed by atoms with van der Waals surface area (Å²) >= 11 is 0.941. The van der Waals surface area contributed by atoms with Crippen LogP contribution in [0.15, 0.2) is 70.3 Å². The van der Waals surface area contributed by atoms with Crippen LogP contribution in [0.25, 0.3) is 22.6 Å². The van der Waals surface area contributed by atoms with Crippen LogP contribution in [0.5, 0.6) is 0 Å². The zero-order valence-corrected chi connectivity index (χ0v) is 11.3. The van der Waals surface area contributed by atoms with E-state index >= 15 is 0 Å². The standard InChI is InChI=1S/C16H11NO2S/c18-11-20-16-17-14(12-7-3-1-4-8-12)15(19-16)13-9-5-2-6-10-13/h1-11H. The molecule has 0 N–H and O–H groups in total. The van der Waals surface area contributed by atoms with Gasteiger partial charge in [-0.05, 0) is 0 Å². The maximum Gasteiger partial charge on any atom is 0.264 e. The van der Waals surface area contributed by atoms with E-state index in [1.54, 1.807) is 0 Å². The highest BCUT2D eigenvalue weighted by Crippen LogP contribution is 2.34. The molecule has 1 heterocycles. The number of rotatable bonds is 4. The van der Waals surface area contributed by atoms with Crippen molar-refractivity contribution < 1.29 is 9.21 Å². The van der Waals surface area contributed by atoms with E-state index in [4.69, 9.17) is 4.42 Å².